The van der Waals surface area contributed by atoms with Crippen LogP contribution in [0.5, 0.6) is 11.5 Å². The molecule has 3 aromatic rings. The Morgan fingerprint density at radius 3 is 2.32 bits per heavy atom. The SMILES string of the molecule is CCOC(=O)c1c(-c2ccc(OC)cc2)oc2ccc(OC(=O)N(C)C)cc12. The lowest BCUT2D eigenvalue weighted by molar-refractivity contribution is 0.0528. The molecule has 28 heavy (non-hydrogen) atoms. The van der Waals surface area contributed by atoms with Crippen LogP contribution in [0.15, 0.2) is 46.9 Å². The number of rotatable bonds is 5. The second-order valence-corrected chi connectivity index (χ2v) is 6.18. The molecule has 1 amide bonds. The molecule has 0 radical (unpaired) electrons. The van der Waals surface area contributed by atoms with E-state index in [4.69, 9.17) is 18.6 Å². The summed E-state index contributed by atoms with van der Waals surface area (Å²) in [4.78, 5) is 25.8. The predicted octanol–water partition coefficient (Wildman–Crippen LogP) is 4.35. The number of carbonyl (C=O) groups is 2. The zero-order valence-corrected chi connectivity index (χ0v) is 16.1. The summed E-state index contributed by atoms with van der Waals surface area (Å²) in [6, 6.07) is 12.0. The van der Waals surface area contributed by atoms with Gasteiger partial charge in [0.05, 0.1) is 13.7 Å². The smallest absolute Gasteiger partial charge is 0.414 e. The first-order valence-corrected chi connectivity index (χ1v) is 8.71. The van der Waals surface area contributed by atoms with Gasteiger partial charge < -0.3 is 23.5 Å². The fourth-order valence-corrected chi connectivity index (χ4v) is 2.68. The van der Waals surface area contributed by atoms with Crippen molar-refractivity contribution in [1.29, 1.82) is 0 Å². The highest BCUT2D eigenvalue weighted by molar-refractivity contribution is 6.09. The molecule has 2 aromatic carbocycles. The summed E-state index contributed by atoms with van der Waals surface area (Å²) in [5.41, 5.74) is 1.47. The average molecular weight is 383 g/mol. The van der Waals surface area contributed by atoms with E-state index in [1.54, 1.807) is 70.6 Å². The lowest BCUT2D eigenvalue weighted by Crippen LogP contribution is -2.25. The molecule has 0 fully saturated rings. The zero-order chi connectivity index (χ0) is 20.3. The number of nitrogens with zero attached hydrogens (tertiary/aromatic N) is 1. The Morgan fingerprint density at radius 1 is 1.04 bits per heavy atom. The molecule has 1 aromatic heterocycles. The Kier molecular flexibility index (Phi) is 5.54. The molecular formula is C21H21NO6. The number of hydrogen-bond acceptors (Lipinski definition) is 6. The van der Waals surface area contributed by atoms with Crippen LogP contribution in [0.4, 0.5) is 4.79 Å². The molecule has 0 aliphatic rings. The van der Waals surface area contributed by atoms with E-state index < -0.39 is 12.1 Å². The maximum atomic E-state index is 12.7. The van der Waals surface area contributed by atoms with Crippen LogP contribution in [-0.4, -0.2) is 44.8 Å². The molecule has 0 unspecified atom stereocenters. The normalized spacial score (nSPS) is 10.6. The van der Waals surface area contributed by atoms with Crippen LogP contribution >= 0.6 is 0 Å². The molecule has 1 heterocycles. The molecule has 0 aliphatic carbocycles. The Balaban J connectivity index is 2.13. The Morgan fingerprint density at radius 2 is 1.71 bits per heavy atom. The highest BCUT2D eigenvalue weighted by Crippen LogP contribution is 2.36. The van der Waals surface area contributed by atoms with Gasteiger partial charge in [-0.3, -0.25) is 0 Å². The Labute approximate surface area is 162 Å². The predicted molar refractivity (Wildman–Crippen MR) is 104 cm³/mol. The van der Waals surface area contributed by atoms with Crippen molar-refractivity contribution in [3.05, 3.63) is 48.0 Å². The summed E-state index contributed by atoms with van der Waals surface area (Å²) in [6.45, 7) is 1.96. The van der Waals surface area contributed by atoms with Gasteiger partial charge in [0.25, 0.3) is 0 Å². The number of amides is 1. The summed E-state index contributed by atoms with van der Waals surface area (Å²) in [5.74, 6) is 0.865. The van der Waals surface area contributed by atoms with Crippen LogP contribution in [0.3, 0.4) is 0 Å². The maximum absolute atomic E-state index is 12.7. The van der Waals surface area contributed by atoms with Gasteiger partial charge in [-0.25, -0.2) is 9.59 Å². The topological polar surface area (TPSA) is 78.2 Å². The molecule has 7 heteroatoms. The quantitative estimate of drug-likeness (QED) is 0.610. The number of benzene rings is 2. The minimum atomic E-state index is -0.518. The van der Waals surface area contributed by atoms with E-state index in [0.717, 1.165) is 0 Å². The summed E-state index contributed by atoms with van der Waals surface area (Å²) >= 11 is 0. The molecule has 0 saturated heterocycles. The molecular weight excluding hydrogens is 362 g/mol. The molecule has 0 bridgehead atoms. The Hall–Kier alpha value is -3.48. The zero-order valence-electron chi connectivity index (χ0n) is 16.1. The second kappa shape index (κ2) is 8.04. The standard InChI is InChI=1S/C21H21NO6/c1-5-26-20(23)18-16-12-15(27-21(24)22(2)3)10-11-17(16)28-19(18)13-6-8-14(25-4)9-7-13/h6-12H,5H2,1-4H3. The number of ether oxygens (including phenoxy) is 3. The number of carbonyl (C=O) groups excluding carboxylic acids is 2. The third-order valence-electron chi connectivity index (χ3n) is 4.06. The van der Waals surface area contributed by atoms with Crippen molar-refractivity contribution in [2.75, 3.05) is 27.8 Å². The molecule has 0 atom stereocenters. The summed E-state index contributed by atoms with van der Waals surface area (Å²) in [7, 11) is 4.76. The van der Waals surface area contributed by atoms with E-state index in [-0.39, 0.29) is 12.2 Å². The van der Waals surface area contributed by atoms with Gasteiger partial charge in [-0.05, 0) is 49.4 Å². The largest absolute Gasteiger partial charge is 0.497 e. The number of esters is 1. The summed E-state index contributed by atoms with van der Waals surface area (Å²) in [6.07, 6.45) is -0.518. The molecule has 7 nitrogen and oxygen atoms in total. The minimum Gasteiger partial charge on any atom is -0.497 e. The van der Waals surface area contributed by atoms with Crippen molar-refractivity contribution in [3.63, 3.8) is 0 Å². The van der Waals surface area contributed by atoms with E-state index in [9.17, 15) is 9.59 Å². The number of furan rings is 1. The van der Waals surface area contributed by atoms with Crippen LogP contribution in [0.2, 0.25) is 0 Å². The number of fused-ring (bicyclic) bond motifs is 1. The maximum Gasteiger partial charge on any atom is 0.414 e. The third kappa shape index (κ3) is 3.78. The molecule has 3 rings (SSSR count). The van der Waals surface area contributed by atoms with Crippen LogP contribution in [-0.2, 0) is 4.74 Å². The van der Waals surface area contributed by atoms with E-state index in [0.29, 0.717) is 33.8 Å². The fraction of sp³-hybridized carbons (Fsp3) is 0.238. The molecule has 0 spiro atoms. The van der Waals surface area contributed by atoms with Gasteiger partial charge in [0.2, 0.25) is 0 Å². The first-order chi connectivity index (χ1) is 13.4. The third-order valence-corrected chi connectivity index (χ3v) is 4.06. The highest BCUT2D eigenvalue weighted by Gasteiger charge is 2.24. The van der Waals surface area contributed by atoms with Crippen molar-refractivity contribution in [3.8, 4) is 22.8 Å². The number of methoxy groups -OCH3 is 1. The lowest BCUT2D eigenvalue weighted by atomic mass is 10.1. The van der Waals surface area contributed by atoms with Crippen molar-refractivity contribution in [2.45, 2.75) is 6.92 Å². The average Bonchev–Trinajstić information content (AvgIpc) is 3.07. The van der Waals surface area contributed by atoms with Crippen LogP contribution in [0.25, 0.3) is 22.3 Å². The first-order valence-electron chi connectivity index (χ1n) is 8.71. The molecule has 0 N–H and O–H groups in total. The van der Waals surface area contributed by atoms with Crippen molar-refractivity contribution < 1.29 is 28.2 Å². The van der Waals surface area contributed by atoms with Gasteiger partial charge >= 0.3 is 12.1 Å². The van der Waals surface area contributed by atoms with Gasteiger partial charge in [-0.2, -0.15) is 0 Å². The summed E-state index contributed by atoms with van der Waals surface area (Å²) in [5, 5.41) is 0.508. The number of hydrogen-bond donors (Lipinski definition) is 0. The van der Waals surface area contributed by atoms with Crippen molar-refractivity contribution >= 4 is 23.0 Å². The van der Waals surface area contributed by atoms with Gasteiger partial charge in [0.1, 0.15) is 28.4 Å². The van der Waals surface area contributed by atoms with E-state index in [1.165, 1.54) is 4.90 Å². The fourth-order valence-electron chi connectivity index (χ4n) is 2.68. The Bertz CT molecular complexity index is 1000. The van der Waals surface area contributed by atoms with Crippen molar-refractivity contribution in [2.24, 2.45) is 0 Å². The molecule has 146 valence electrons. The van der Waals surface area contributed by atoms with Gasteiger partial charge in [-0.1, -0.05) is 0 Å². The van der Waals surface area contributed by atoms with Crippen molar-refractivity contribution in [1.82, 2.24) is 4.90 Å². The van der Waals surface area contributed by atoms with Crippen LogP contribution < -0.4 is 9.47 Å². The first kappa shape index (κ1) is 19.3. The van der Waals surface area contributed by atoms with Gasteiger partial charge in [-0.15, -0.1) is 0 Å². The van der Waals surface area contributed by atoms with E-state index in [2.05, 4.69) is 0 Å². The van der Waals surface area contributed by atoms with Gasteiger partial charge in [0, 0.05) is 25.0 Å². The second-order valence-electron chi connectivity index (χ2n) is 6.18. The van der Waals surface area contributed by atoms with E-state index in [1.807, 2.05) is 0 Å². The summed E-state index contributed by atoms with van der Waals surface area (Å²) < 4.78 is 21.6. The molecule has 0 saturated carbocycles. The van der Waals surface area contributed by atoms with E-state index >= 15 is 0 Å². The molecule has 0 aliphatic heterocycles. The van der Waals surface area contributed by atoms with Crippen LogP contribution in [0.1, 0.15) is 17.3 Å². The minimum absolute atomic E-state index is 0.225. The lowest BCUT2D eigenvalue weighted by Gasteiger charge is -2.10. The van der Waals surface area contributed by atoms with Crippen LogP contribution in [0, 0.1) is 0 Å². The van der Waals surface area contributed by atoms with Gasteiger partial charge in [0.15, 0.2) is 0 Å². The monoisotopic (exact) mass is 383 g/mol. The highest BCUT2D eigenvalue weighted by atomic mass is 16.6.